The van der Waals surface area contributed by atoms with E-state index in [9.17, 15) is 4.79 Å². The topological polar surface area (TPSA) is 31.2 Å². The minimum atomic E-state index is -0.535. The zero-order valence-corrected chi connectivity index (χ0v) is 15.3. The van der Waals surface area contributed by atoms with Crippen LogP contribution in [-0.2, 0) is 4.74 Å². The molecule has 0 saturated heterocycles. The fourth-order valence-electron chi connectivity index (χ4n) is 2.98. The van der Waals surface area contributed by atoms with E-state index in [4.69, 9.17) is 4.74 Å². The van der Waals surface area contributed by atoms with Crippen molar-refractivity contribution in [2.75, 3.05) is 0 Å². The normalized spacial score (nSPS) is 12.0. The zero-order valence-electron chi connectivity index (χ0n) is 14.4. The number of ether oxygens (including phenoxy) is 1. The van der Waals surface area contributed by atoms with Crippen molar-refractivity contribution in [3.8, 4) is 11.1 Å². The second kappa shape index (κ2) is 5.74. The monoisotopic (exact) mass is 349 g/mol. The number of rotatable bonds is 1. The molecule has 4 aromatic rings. The number of fused-ring (bicyclic) bond motifs is 3. The summed E-state index contributed by atoms with van der Waals surface area (Å²) in [5.74, 6) is 0. The lowest BCUT2D eigenvalue weighted by molar-refractivity contribution is 0.0545. The average molecular weight is 349 g/mol. The summed E-state index contributed by atoms with van der Waals surface area (Å²) in [7, 11) is 0. The number of hydrogen-bond donors (Lipinski definition) is 0. The van der Waals surface area contributed by atoms with Gasteiger partial charge in [-0.15, -0.1) is 11.3 Å². The molecule has 2 aromatic heterocycles. The molecule has 0 fully saturated rings. The van der Waals surface area contributed by atoms with Crippen molar-refractivity contribution in [1.29, 1.82) is 0 Å². The second-order valence-electron chi connectivity index (χ2n) is 7.04. The lowest BCUT2D eigenvalue weighted by atomic mass is 10.1. The van der Waals surface area contributed by atoms with Gasteiger partial charge in [0.25, 0.3) is 0 Å². The molecule has 0 saturated carbocycles. The fourth-order valence-corrected chi connectivity index (χ4v) is 4.21. The molecule has 0 aliphatic rings. The van der Waals surface area contributed by atoms with Gasteiger partial charge in [0.2, 0.25) is 0 Å². The summed E-state index contributed by atoms with van der Waals surface area (Å²) in [6, 6.07) is 18.3. The van der Waals surface area contributed by atoms with E-state index in [0.717, 1.165) is 26.7 Å². The largest absolute Gasteiger partial charge is 0.443 e. The lowest BCUT2D eigenvalue weighted by Gasteiger charge is -2.19. The minimum absolute atomic E-state index is 0.344. The molecule has 0 bridgehead atoms. The number of carbonyl (C=O) groups is 1. The first-order chi connectivity index (χ1) is 11.9. The van der Waals surface area contributed by atoms with Crippen LogP contribution in [-0.4, -0.2) is 16.3 Å². The maximum absolute atomic E-state index is 12.8. The molecule has 3 nitrogen and oxygen atoms in total. The summed E-state index contributed by atoms with van der Waals surface area (Å²) < 4.78 is 9.56. The summed E-state index contributed by atoms with van der Waals surface area (Å²) >= 11 is 1.71. The number of aromatic nitrogens is 1. The fraction of sp³-hybridized carbons (Fsp3) is 0.190. The van der Waals surface area contributed by atoms with Crippen molar-refractivity contribution in [3.05, 3.63) is 60.8 Å². The molecule has 0 N–H and O–H groups in total. The van der Waals surface area contributed by atoms with Gasteiger partial charge >= 0.3 is 6.09 Å². The quantitative estimate of drug-likeness (QED) is 0.403. The molecular weight excluding hydrogens is 330 g/mol. The van der Waals surface area contributed by atoms with E-state index in [-0.39, 0.29) is 6.09 Å². The summed E-state index contributed by atoms with van der Waals surface area (Å²) in [5.41, 5.74) is 2.55. The zero-order chi connectivity index (χ0) is 17.6. The first-order valence-electron chi connectivity index (χ1n) is 8.25. The summed E-state index contributed by atoms with van der Waals surface area (Å²) in [6.45, 7) is 5.65. The first kappa shape index (κ1) is 15.9. The van der Waals surface area contributed by atoms with Crippen LogP contribution in [0, 0.1) is 0 Å². The van der Waals surface area contributed by atoms with Crippen LogP contribution in [0.5, 0.6) is 0 Å². The predicted molar refractivity (Wildman–Crippen MR) is 104 cm³/mol. The smallest absolute Gasteiger partial charge is 0.419 e. The molecule has 0 aliphatic carbocycles. The maximum atomic E-state index is 12.8. The first-order valence-corrected chi connectivity index (χ1v) is 9.07. The van der Waals surface area contributed by atoms with Crippen LogP contribution in [0.15, 0.2) is 60.8 Å². The van der Waals surface area contributed by atoms with Gasteiger partial charge in [-0.25, -0.2) is 4.79 Å². The highest BCUT2D eigenvalue weighted by Gasteiger charge is 2.23. The predicted octanol–water partition coefficient (Wildman–Crippen LogP) is 6.31. The van der Waals surface area contributed by atoms with Crippen LogP contribution in [0.1, 0.15) is 20.8 Å². The number of hydrogen-bond acceptors (Lipinski definition) is 3. The van der Waals surface area contributed by atoms with E-state index in [1.54, 1.807) is 15.9 Å². The Bertz CT molecular complexity index is 1070. The third kappa shape index (κ3) is 2.83. The lowest BCUT2D eigenvalue weighted by Crippen LogP contribution is -2.26. The standard InChI is InChI=1S/C21H19NO2S/c1-21(2,3)24-20(23)22-13-16(14-9-5-4-6-10-14)19-18(22)15-11-7-8-12-17(15)25-19/h4-13H,1-3H3. The SMILES string of the molecule is CC(C)(C)OC(=O)n1cc(-c2ccccc2)c2sc3ccccc3c21. The van der Waals surface area contributed by atoms with E-state index in [0.29, 0.717) is 0 Å². The number of nitrogens with zero attached hydrogens (tertiary/aromatic N) is 1. The summed E-state index contributed by atoms with van der Waals surface area (Å²) in [6.07, 6.45) is 1.56. The van der Waals surface area contributed by atoms with Gasteiger partial charge in [0.1, 0.15) is 5.60 Å². The van der Waals surface area contributed by atoms with Crippen molar-refractivity contribution in [2.45, 2.75) is 26.4 Å². The highest BCUT2D eigenvalue weighted by atomic mass is 32.1. The van der Waals surface area contributed by atoms with Crippen LogP contribution >= 0.6 is 11.3 Å². The Morgan fingerprint density at radius 3 is 2.40 bits per heavy atom. The second-order valence-corrected chi connectivity index (χ2v) is 8.09. The van der Waals surface area contributed by atoms with Crippen molar-refractivity contribution in [3.63, 3.8) is 0 Å². The van der Waals surface area contributed by atoms with Gasteiger partial charge in [0, 0.05) is 21.8 Å². The minimum Gasteiger partial charge on any atom is -0.443 e. The highest BCUT2D eigenvalue weighted by Crippen LogP contribution is 2.41. The Kier molecular flexibility index (Phi) is 3.65. The Morgan fingerprint density at radius 1 is 1.00 bits per heavy atom. The molecule has 2 heterocycles. The van der Waals surface area contributed by atoms with E-state index >= 15 is 0 Å². The number of benzene rings is 2. The van der Waals surface area contributed by atoms with Crippen molar-refractivity contribution < 1.29 is 9.53 Å². The van der Waals surface area contributed by atoms with Gasteiger partial charge in [0.05, 0.1) is 10.2 Å². The van der Waals surface area contributed by atoms with Gasteiger partial charge in [-0.1, -0.05) is 48.5 Å². The molecule has 0 unspecified atom stereocenters. The van der Waals surface area contributed by atoms with Crippen molar-refractivity contribution in [1.82, 2.24) is 4.57 Å². The van der Waals surface area contributed by atoms with Crippen LogP contribution < -0.4 is 0 Å². The van der Waals surface area contributed by atoms with Crippen LogP contribution in [0.2, 0.25) is 0 Å². The van der Waals surface area contributed by atoms with E-state index < -0.39 is 5.60 Å². The summed E-state index contributed by atoms with van der Waals surface area (Å²) in [4.78, 5) is 12.8. The molecule has 0 atom stereocenters. The van der Waals surface area contributed by atoms with Gasteiger partial charge in [-0.05, 0) is 32.4 Å². The van der Waals surface area contributed by atoms with Gasteiger partial charge in [0.15, 0.2) is 0 Å². The van der Waals surface area contributed by atoms with Crippen LogP contribution in [0.4, 0.5) is 4.79 Å². The Labute approximate surface area is 150 Å². The molecule has 2 aromatic carbocycles. The Hall–Kier alpha value is -2.59. The van der Waals surface area contributed by atoms with E-state index in [1.807, 2.05) is 57.3 Å². The Balaban J connectivity index is 2.00. The van der Waals surface area contributed by atoms with Crippen LogP contribution in [0.25, 0.3) is 31.4 Å². The van der Waals surface area contributed by atoms with Gasteiger partial charge in [-0.3, -0.25) is 4.57 Å². The van der Waals surface area contributed by atoms with Crippen molar-refractivity contribution in [2.24, 2.45) is 0 Å². The molecular formula is C21H19NO2S. The molecule has 25 heavy (non-hydrogen) atoms. The molecule has 4 heteroatoms. The average Bonchev–Trinajstić information content (AvgIpc) is 3.11. The van der Waals surface area contributed by atoms with E-state index in [1.165, 1.54) is 4.70 Å². The molecule has 0 radical (unpaired) electrons. The third-order valence-corrected chi connectivity index (χ3v) is 5.18. The molecule has 126 valence electrons. The van der Waals surface area contributed by atoms with Gasteiger partial charge < -0.3 is 4.74 Å². The van der Waals surface area contributed by atoms with Gasteiger partial charge in [-0.2, -0.15) is 0 Å². The Morgan fingerprint density at radius 2 is 1.68 bits per heavy atom. The molecule has 0 amide bonds. The summed E-state index contributed by atoms with van der Waals surface area (Å²) in [5, 5.41) is 1.08. The highest BCUT2D eigenvalue weighted by molar-refractivity contribution is 7.26. The maximum Gasteiger partial charge on any atom is 0.419 e. The number of carbonyl (C=O) groups excluding carboxylic acids is 1. The molecule has 0 spiro atoms. The number of thiophene rings is 1. The van der Waals surface area contributed by atoms with Crippen molar-refractivity contribution >= 4 is 37.7 Å². The third-order valence-electron chi connectivity index (χ3n) is 3.99. The molecule has 4 rings (SSSR count). The molecule has 0 aliphatic heterocycles. The van der Waals surface area contributed by atoms with Crippen LogP contribution in [0.3, 0.4) is 0 Å². The van der Waals surface area contributed by atoms with E-state index in [2.05, 4.69) is 24.3 Å².